The largest absolute Gasteiger partial charge is 0.325 e. The molecule has 0 atom stereocenters. The Balaban J connectivity index is 1.85. The molecule has 0 aromatic carbocycles. The van der Waals surface area contributed by atoms with Crippen LogP contribution in [0.4, 0.5) is 4.79 Å². The van der Waals surface area contributed by atoms with E-state index in [4.69, 9.17) is 5.26 Å². The molecule has 1 N–H and O–H groups in total. The van der Waals surface area contributed by atoms with Crippen molar-refractivity contribution >= 4 is 11.9 Å². The molecule has 2 heterocycles. The summed E-state index contributed by atoms with van der Waals surface area (Å²) < 4.78 is 0. The zero-order chi connectivity index (χ0) is 14.9. The smallest absolute Gasteiger partial charge is 0.323 e. The van der Waals surface area contributed by atoms with Gasteiger partial charge in [-0.15, -0.1) is 0 Å². The number of rotatable bonds is 2. The van der Waals surface area contributed by atoms with Crippen molar-refractivity contribution in [1.82, 2.24) is 15.2 Å². The number of hydrogen-bond donors (Lipinski definition) is 1. The van der Waals surface area contributed by atoms with Crippen LogP contribution >= 0.6 is 0 Å². The number of carbonyl (C=O) groups is 2. The first kappa shape index (κ1) is 13.6. The molecule has 1 aliphatic carbocycles. The summed E-state index contributed by atoms with van der Waals surface area (Å²) in [5, 5.41) is 11.9. The number of imide groups is 1. The number of pyridine rings is 1. The third-order valence-electron chi connectivity index (χ3n) is 4.28. The molecule has 1 aromatic rings. The summed E-state index contributed by atoms with van der Waals surface area (Å²) in [4.78, 5) is 30.0. The average Bonchev–Trinajstić information content (AvgIpc) is 2.73. The predicted octanol–water partition coefficient (Wildman–Crippen LogP) is 1.71. The van der Waals surface area contributed by atoms with Gasteiger partial charge in [-0.3, -0.25) is 9.69 Å². The van der Waals surface area contributed by atoms with E-state index in [9.17, 15) is 9.59 Å². The lowest BCUT2D eigenvalue weighted by atomic mass is 9.82. The van der Waals surface area contributed by atoms with Crippen LogP contribution in [-0.2, 0) is 11.3 Å². The Morgan fingerprint density at radius 3 is 2.81 bits per heavy atom. The van der Waals surface area contributed by atoms with E-state index in [2.05, 4.69) is 10.3 Å². The molecule has 108 valence electrons. The van der Waals surface area contributed by atoms with Crippen LogP contribution in [0.5, 0.6) is 0 Å². The Kier molecular flexibility index (Phi) is 3.34. The first-order chi connectivity index (χ1) is 10.2. The van der Waals surface area contributed by atoms with E-state index in [1.807, 2.05) is 6.07 Å². The van der Waals surface area contributed by atoms with Crippen LogP contribution in [0.1, 0.15) is 43.4 Å². The van der Waals surface area contributed by atoms with Crippen molar-refractivity contribution < 1.29 is 9.59 Å². The van der Waals surface area contributed by atoms with Crippen molar-refractivity contribution in [1.29, 1.82) is 5.26 Å². The third kappa shape index (κ3) is 2.25. The lowest BCUT2D eigenvalue weighted by Crippen LogP contribution is -2.48. The number of urea groups is 1. The molecule has 0 radical (unpaired) electrons. The summed E-state index contributed by atoms with van der Waals surface area (Å²) in [7, 11) is 0. The number of carbonyl (C=O) groups excluding carboxylic acids is 2. The maximum absolute atomic E-state index is 12.6. The quantitative estimate of drug-likeness (QED) is 0.838. The highest BCUT2D eigenvalue weighted by Crippen LogP contribution is 2.34. The van der Waals surface area contributed by atoms with Crippen LogP contribution < -0.4 is 5.32 Å². The second-order valence-corrected chi connectivity index (χ2v) is 5.59. The van der Waals surface area contributed by atoms with Crippen LogP contribution in [0.15, 0.2) is 18.3 Å². The van der Waals surface area contributed by atoms with E-state index < -0.39 is 5.54 Å². The summed E-state index contributed by atoms with van der Waals surface area (Å²) >= 11 is 0. The van der Waals surface area contributed by atoms with Gasteiger partial charge >= 0.3 is 6.03 Å². The summed E-state index contributed by atoms with van der Waals surface area (Å²) in [5.74, 6) is -0.167. The molecule has 2 aliphatic rings. The van der Waals surface area contributed by atoms with Gasteiger partial charge in [0.1, 0.15) is 17.3 Å². The number of amides is 3. The fourth-order valence-electron chi connectivity index (χ4n) is 3.15. The fraction of sp³-hybridized carbons (Fsp3) is 0.467. The number of nitrogens with one attached hydrogen (secondary N) is 1. The number of hydrogen-bond acceptors (Lipinski definition) is 4. The minimum Gasteiger partial charge on any atom is -0.323 e. The van der Waals surface area contributed by atoms with E-state index in [1.54, 1.807) is 12.1 Å². The maximum atomic E-state index is 12.6. The molecule has 0 unspecified atom stereocenters. The van der Waals surface area contributed by atoms with Gasteiger partial charge in [-0.2, -0.15) is 5.26 Å². The number of nitriles is 1. The first-order valence-electron chi connectivity index (χ1n) is 7.14. The monoisotopic (exact) mass is 284 g/mol. The van der Waals surface area contributed by atoms with Crippen LogP contribution in [-0.4, -0.2) is 27.4 Å². The SMILES string of the molecule is N#Cc1ncccc1CN1C(=O)NC2(CCCCC2)C1=O. The normalized spacial score (nSPS) is 20.4. The van der Waals surface area contributed by atoms with Gasteiger partial charge in [0.25, 0.3) is 5.91 Å². The van der Waals surface area contributed by atoms with Crippen LogP contribution in [0, 0.1) is 11.3 Å². The van der Waals surface area contributed by atoms with E-state index in [0.29, 0.717) is 18.4 Å². The van der Waals surface area contributed by atoms with Crippen molar-refractivity contribution in [3.05, 3.63) is 29.6 Å². The van der Waals surface area contributed by atoms with Crippen molar-refractivity contribution in [3.63, 3.8) is 0 Å². The summed E-state index contributed by atoms with van der Waals surface area (Å²) in [6, 6.07) is 5.04. The zero-order valence-corrected chi connectivity index (χ0v) is 11.6. The zero-order valence-electron chi connectivity index (χ0n) is 11.6. The van der Waals surface area contributed by atoms with Gasteiger partial charge in [0, 0.05) is 11.8 Å². The Labute approximate surface area is 122 Å². The van der Waals surface area contributed by atoms with Gasteiger partial charge in [-0.05, 0) is 18.9 Å². The van der Waals surface area contributed by atoms with Gasteiger partial charge in [-0.1, -0.05) is 25.3 Å². The van der Waals surface area contributed by atoms with Crippen molar-refractivity contribution in [2.75, 3.05) is 0 Å². The molecule has 1 aliphatic heterocycles. The van der Waals surface area contributed by atoms with Crippen molar-refractivity contribution in [2.45, 2.75) is 44.2 Å². The first-order valence-corrected chi connectivity index (χ1v) is 7.14. The molecule has 6 heteroatoms. The molecule has 1 saturated carbocycles. The molecule has 3 amide bonds. The molecule has 6 nitrogen and oxygen atoms in total. The van der Waals surface area contributed by atoms with E-state index in [1.165, 1.54) is 11.1 Å². The Morgan fingerprint density at radius 1 is 1.33 bits per heavy atom. The second-order valence-electron chi connectivity index (χ2n) is 5.59. The van der Waals surface area contributed by atoms with Gasteiger partial charge in [0.2, 0.25) is 0 Å². The van der Waals surface area contributed by atoms with Gasteiger partial charge in [0.15, 0.2) is 0 Å². The minimum absolute atomic E-state index is 0.100. The molecular formula is C15H16N4O2. The molecule has 1 aromatic heterocycles. The van der Waals surface area contributed by atoms with E-state index >= 15 is 0 Å². The molecular weight excluding hydrogens is 268 g/mol. The Hall–Kier alpha value is -2.42. The number of nitrogens with zero attached hydrogens (tertiary/aromatic N) is 3. The summed E-state index contributed by atoms with van der Waals surface area (Å²) in [5.41, 5.74) is 0.128. The second kappa shape index (κ2) is 5.17. The van der Waals surface area contributed by atoms with Crippen molar-refractivity contribution in [2.24, 2.45) is 0 Å². The van der Waals surface area contributed by atoms with Crippen LogP contribution in [0.25, 0.3) is 0 Å². The standard InChI is InChI=1S/C15H16N4O2/c16-9-12-11(5-4-8-17-12)10-19-13(20)15(18-14(19)21)6-2-1-3-7-15/h4-5,8H,1-3,6-7,10H2,(H,18,21). The topological polar surface area (TPSA) is 86.1 Å². The Bertz CT molecular complexity index is 629. The molecule has 0 bridgehead atoms. The molecule has 21 heavy (non-hydrogen) atoms. The summed E-state index contributed by atoms with van der Waals surface area (Å²) in [6.07, 6.45) is 5.94. The highest BCUT2D eigenvalue weighted by Gasteiger charge is 2.51. The molecule has 2 fully saturated rings. The minimum atomic E-state index is -0.718. The predicted molar refractivity (Wildman–Crippen MR) is 73.8 cm³/mol. The van der Waals surface area contributed by atoms with Crippen LogP contribution in [0.2, 0.25) is 0 Å². The lowest BCUT2D eigenvalue weighted by Gasteiger charge is -2.30. The summed E-state index contributed by atoms with van der Waals surface area (Å²) in [6.45, 7) is 0.100. The third-order valence-corrected chi connectivity index (χ3v) is 4.28. The number of aromatic nitrogens is 1. The lowest BCUT2D eigenvalue weighted by molar-refractivity contribution is -0.132. The van der Waals surface area contributed by atoms with Gasteiger partial charge in [0.05, 0.1) is 6.54 Å². The van der Waals surface area contributed by atoms with Gasteiger partial charge < -0.3 is 5.32 Å². The highest BCUT2D eigenvalue weighted by atomic mass is 16.2. The van der Waals surface area contributed by atoms with Crippen LogP contribution in [0.3, 0.4) is 0 Å². The van der Waals surface area contributed by atoms with Gasteiger partial charge in [-0.25, -0.2) is 9.78 Å². The Morgan fingerprint density at radius 2 is 2.10 bits per heavy atom. The van der Waals surface area contributed by atoms with E-state index in [0.717, 1.165) is 19.3 Å². The molecule has 1 saturated heterocycles. The maximum Gasteiger partial charge on any atom is 0.325 e. The van der Waals surface area contributed by atoms with Crippen molar-refractivity contribution in [3.8, 4) is 6.07 Å². The fourth-order valence-corrected chi connectivity index (χ4v) is 3.15. The van der Waals surface area contributed by atoms with E-state index in [-0.39, 0.29) is 24.2 Å². The average molecular weight is 284 g/mol. The molecule has 1 spiro atoms. The molecule has 3 rings (SSSR count). The highest BCUT2D eigenvalue weighted by molar-refractivity contribution is 6.07.